The second-order valence-corrected chi connectivity index (χ2v) is 7.01. The van der Waals surface area contributed by atoms with Crippen molar-refractivity contribution in [3.05, 3.63) is 34.9 Å². The van der Waals surface area contributed by atoms with Gasteiger partial charge < -0.3 is 4.90 Å². The van der Waals surface area contributed by atoms with Crippen LogP contribution < -0.4 is 0 Å². The van der Waals surface area contributed by atoms with Crippen molar-refractivity contribution in [2.45, 2.75) is 52.5 Å². The topological polar surface area (TPSA) is 56.0 Å². The Balaban J connectivity index is 1.76. The molecule has 0 saturated carbocycles. The van der Waals surface area contributed by atoms with Gasteiger partial charge in [-0.25, -0.2) is 0 Å². The van der Waals surface area contributed by atoms with Gasteiger partial charge in [0.05, 0.1) is 23.9 Å². The van der Waals surface area contributed by atoms with Gasteiger partial charge in [0, 0.05) is 37.6 Å². The van der Waals surface area contributed by atoms with Crippen LogP contribution in [0.15, 0.2) is 12.4 Å². The number of carbonyl (C=O) groups is 1. The molecule has 0 aromatic carbocycles. The van der Waals surface area contributed by atoms with Crippen LogP contribution in [0.1, 0.15) is 54.2 Å². The largest absolute Gasteiger partial charge is 0.340 e. The summed E-state index contributed by atoms with van der Waals surface area (Å²) in [5, 5.41) is 8.89. The molecule has 0 unspecified atom stereocenters. The molecule has 2 aromatic heterocycles. The number of amides is 1. The van der Waals surface area contributed by atoms with Crippen molar-refractivity contribution in [1.29, 1.82) is 0 Å². The predicted octanol–water partition coefficient (Wildman–Crippen LogP) is 2.51. The van der Waals surface area contributed by atoms with Gasteiger partial charge in [0.2, 0.25) is 5.91 Å². The van der Waals surface area contributed by atoms with E-state index < -0.39 is 0 Å². The number of carbonyl (C=O) groups excluding carboxylic acids is 1. The van der Waals surface area contributed by atoms with Crippen LogP contribution >= 0.6 is 0 Å². The molecule has 3 heterocycles. The Morgan fingerprint density at radius 2 is 2.08 bits per heavy atom. The molecule has 1 saturated heterocycles. The molecule has 1 fully saturated rings. The van der Waals surface area contributed by atoms with E-state index in [0.717, 1.165) is 48.4 Å². The van der Waals surface area contributed by atoms with E-state index in [0.29, 0.717) is 0 Å². The molecule has 0 radical (unpaired) electrons. The van der Waals surface area contributed by atoms with E-state index in [1.807, 2.05) is 55.2 Å². The van der Waals surface area contributed by atoms with Crippen LogP contribution in [0.25, 0.3) is 0 Å². The first-order valence-electron chi connectivity index (χ1n) is 8.68. The standard InChI is InChI=1S/C18H27N5O/c1-12-9-19-23(10-12)16-7-6-8-22(11-16)18(24)13(2)17-14(3)20-21(5)15(17)4/h9-10,13,16H,6-8,11H2,1-5H3/t13-,16-/m1/s1. The van der Waals surface area contributed by atoms with Crippen molar-refractivity contribution < 1.29 is 4.79 Å². The molecular formula is C18H27N5O. The van der Waals surface area contributed by atoms with E-state index in [-0.39, 0.29) is 17.9 Å². The van der Waals surface area contributed by atoms with Crippen LogP contribution in [0.5, 0.6) is 0 Å². The summed E-state index contributed by atoms with van der Waals surface area (Å²) in [4.78, 5) is 15.1. The van der Waals surface area contributed by atoms with Crippen LogP contribution in [0.3, 0.4) is 0 Å². The molecule has 6 heteroatoms. The molecule has 0 aliphatic carbocycles. The quantitative estimate of drug-likeness (QED) is 0.869. The Labute approximate surface area is 143 Å². The summed E-state index contributed by atoms with van der Waals surface area (Å²) < 4.78 is 3.87. The van der Waals surface area contributed by atoms with Crippen molar-refractivity contribution in [3.8, 4) is 0 Å². The smallest absolute Gasteiger partial charge is 0.230 e. The second-order valence-electron chi connectivity index (χ2n) is 7.01. The summed E-state index contributed by atoms with van der Waals surface area (Å²) in [6.07, 6.45) is 6.04. The number of hydrogen-bond acceptors (Lipinski definition) is 3. The number of likely N-dealkylation sites (tertiary alicyclic amines) is 1. The number of aromatic nitrogens is 4. The van der Waals surface area contributed by atoms with Gasteiger partial charge in [0.15, 0.2) is 0 Å². The fourth-order valence-electron chi connectivity index (χ4n) is 3.82. The molecule has 2 atom stereocenters. The average Bonchev–Trinajstić information content (AvgIpc) is 3.10. The Bertz CT molecular complexity index is 745. The number of rotatable bonds is 3. The van der Waals surface area contributed by atoms with Crippen molar-refractivity contribution in [2.75, 3.05) is 13.1 Å². The Morgan fingerprint density at radius 1 is 1.33 bits per heavy atom. The normalized spacial score (nSPS) is 19.5. The summed E-state index contributed by atoms with van der Waals surface area (Å²) in [6.45, 7) is 9.63. The van der Waals surface area contributed by atoms with Gasteiger partial charge in [-0.1, -0.05) is 0 Å². The summed E-state index contributed by atoms with van der Waals surface area (Å²) in [5.41, 5.74) is 4.25. The van der Waals surface area contributed by atoms with E-state index in [1.54, 1.807) is 0 Å². The third kappa shape index (κ3) is 2.97. The summed E-state index contributed by atoms with van der Waals surface area (Å²) in [7, 11) is 1.93. The minimum atomic E-state index is -0.156. The van der Waals surface area contributed by atoms with E-state index in [1.165, 1.54) is 0 Å². The van der Waals surface area contributed by atoms with Crippen molar-refractivity contribution in [2.24, 2.45) is 7.05 Å². The zero-order valence-electron chi connectivity index (χ0n) is 15.3. The first-order chi connectivity index (χ1) is 11.4. The lowest BCUT2D eigenvalue weighted by molar-refractivity contribution is -0.134. The van der Waals surface area contributed by atoms with Crippen LogP contribution in [0, 0.1) is 20.8 Å². The highest BCUT2D eigenvalue weighted by atomic mass is 16.2. The lowest BCUT2D eigenvalue weighted by Crippen LogP contribution is -2.42. The molecule has 1 aliphatic heterocycles. The van der Waals surface area contributed by atoms with Gasteiger partial charge in [-0.05, 0) is 46.1 Å². The molecular weight excluding hydrogens is 302 g/mol. The monoisotopic (exact) mass is 329 g/mol. The van der Waals surface area contributed by atoms with E-state index in [2.05, 4.69) is 16.4 Å². The highest BCUT2D eigenvalue weighted by Crippen LogP contribution is 2.28. The van der Waals surface area contributed by atoms with Gasteiger partial charge >= 0.3 is 0 Å². The van der Waals surface area contributed by atoms with Crippen LogP contribution in [-0.2, 0) is 11.8 Å². The molecule has 2 aromatic rings. The average molecular weight is 329 g/mol. The number of hydrogen-bond donors (Lipinski definition) is 0. The Morgan fingerprint density at radius 3 is 2.67 bits per heavy atom. The van der Waals surface area contributed by atoms with Gasteiger partial charge in [-0.2, -0.15) is 10.2 Å². The molecule has 0 spiro atoms. The SMILES string of the molecule is Cc1cnn([C@@H]2CCCN(C(=O)[C@H](C)c3c(C)nn(C)c3C)C2)c1. The maximum atomic E-state index is 13.1. The second kappa shape index (κ2) is 6.42. The number of nitrogens with zero attached hydrogens (tertiary/aromatic N) is 5. The number of aryl methyl sites for hydroxylation is 3. The van der Waals surface area contributed by atoms with E-state index in [4.69, 9.17) is 0 Å². The lowest BCUT2D eigenvalue weighted by Gasteiger charge is -2.34. The summed E-state index contributed by atoms with van der Waals surface area (Å²) >= 11 is 0. The maximum absolute atomic E-state index is 13.1. The molecule has 1 aliphatic rings. The van der Waals surface area contributed by atoms with Gasteiger partial charge in [-0.3, -0.25) is 14.2 Å². The third-order valence-corrected chi connectivity index (χ3v) is 5.18. The molecule has 0 bridgehead atoms. The molecule has 24 heavy (non-hydrogen) atoms. The van der Waals surface area contributed by atoms with Crippen molar-refractivity contribution in [3.63, 3.8) is 0 Å². The minimum Gasteiger partial charge on any atom is -0.340 e. The zero-order chi connectivity index (χ0) is 17.4. The summed E-state index contributed by atoms with van der Waals surface area (Å²) in [5.74, 6) is 0.0413. The van der Waals surface area contributed by atoms with Crippen LogP contribution in [0.2, 0.25) is 0 Å². The van der Waals surface area contributed by atoms with Crippen molar-refractivity contribution in [1.82, 2.24) is 24.5 Å². The fourth-order valence-corrected chi connectivity index (χ4v) is 3.82. The first kappa shape index (κ1) is 16.7. The molecule has 0 N–H and O–H groups in total. The predicted molar refractivity (Wildman–Crippen MR) is 92.9 cm³/mol. The molecule has 130 valence electrons. The van der Waals surface area contributed by atoms with Crippen LogP contribution in [-0.4, -0.2) is 43.5 Å². The highest BCUT2D eigenvalue weighted by molar-refractivity contribution is 5.84. The van der Waals surface area contributed by atoms with Gasteiger partial charge in [0.25, 0.3) is 0 Å². The first-order valence-corrected chi connectivity index (χ1v) is 8.68. The van der Waals surface area contributed by atoms with Gasteiger partial charge in [0.1, 0.15) is 0 Å². The molecule has 3 rings (SSSR count). The molecule has 6 nitrogen and oxygen atoms in total. The maximum Gasteiger partial charge on any atom is 0.230 e. The third-order valence-electron chi connectivity index (χ3n) is 5.18. The number of piperidine rings is 1. The van der Waals surface area contributed by atoms with Crippen molar-refractivity contribution >= 4 is 5.91 Å². The molecule has 1 amide bonds. The van der Waals surface area contributed by atoms with E-state index >= 15 is 0 Å². The summed E-state index contributed by atoms with van der Waals surface area (Å²) in [6, 6.07) is 0.277. The Hall–Kier alpha value is -2.11. The lowest BCUT2D eigenvalue weighted by atomic mass is 9.96. The Kier molecular flexibility index (Phi) is 4.47. The fraction of sp³-hybridized carbons (Fsp3) is 0.611. The van der Waals surface area contributed by atoms with Crippen LogP contribution in [0.4, 0.5) is 0 Å². The van der Waals surface area contributed by atoms with Gasteiger partial charge in [-0.15, -0.1) is 0 Å². The zero-order valence-corrected chi connectivity index (χ0v) is 15.3. The minimum absolute atomic E-state index is 0.156. The highest BCUT2D eigenvalue weighted by Gasteiger charge is 2.30. The van der Waals surface area contributed by atoms with E-state index in [9.17, 15) is 4.79 Å².